The van der Waals surface area contributed by atoms with Gasteiger partial charge in [-0.2, -0.15) is 0 Å². The lowest BCUT2D eigenvalue weighted by molar-refractivity contribution is -0.144. The highest BCUT2D eigenvalue weighted by Gasteiger charge is 2.47. The van der Waals surface area contributed by atoms with Crippen molar-refractivity contribution in [2.75, 3.05) is 6.54 Å². The second-order valence-electron chi connectivity index (χ2n) is 8.50. The lowest BCUT2D eigenvalue weighted by atomic mass is 9.75. The lowest BCUT2D eigenvalue weighted by Crippen LogP contribution is -2.48. The molecule has 1 amide bonds. The standard InChI is InChI=1S/C24H29NO3/c1-16-9-11-20-22(27-16)19-15-18(10-12-21(19)28-24(20,2)3)23(26)25-14-13-17-7-5-4-6-8-17/h4-8,10,12,15-16,20,22H,9,11,13-14H2,1-3H3,(H,25,26)/t16-,20-,22+/m1/s1. The van der Waals surface area contributed by atoms with Crippen LogP contribution in [0.25, 0.3) is 0 Å². The molecule has 28 heavy (non-hydrogen) atoms. The smallest absolute Gasteiger partial charge is 0.251 e. The molecule has 0 bridgehead atoms. The molecule has 0 radical (unpaired) electrons. The quantitative estimate of drug-likeness (QED) is 0.839. The van der Waals surface area contributed by atoms with Gasteiger partial charge < -0.3 is 14.8 Å². The Morgan fingerprint density at radius 3 is 2.71 bits per heavy atom. The van der Waals surface area contributed by atoms with Crippen LogP contribution in [0.2, 0.25) is 0 Å². The first-order valence-corrected chi connectivity index (χ1v) is 10.2. The molecule has 4 nitrogen and oxygen atoms in total. The Morgan fingerprint density at radius 2 is 1.93 bits per heavy atom. The number of hydrogen-bond acceptors (Lipinski definition) is 3. The minimum Gasteiger partial charge on any atom is -0.487 e. The van der Waals surface area contributed by atoms with Crippen molar-refractivity contribution in [3.63, 3.8) is 0 Å². The summed E-state index contributed by atoms with van der Waals surface area (Å²) in [7, 11) is 0. The molecule has 1 N–H and O–H groups in total. The number of benzene rings is 2. The minimum atomic E-state index is -0.267. The fraction of sp³-hybridized carbons (Fsp3) is 0.458. The molecule has 0 unspecified atom stereocenters. The van der Waals surface area contributed by atoms with Gasteiger partial charge in [0.15, 0.2) is 0 Å². The van der Waals surface area contributed by atoms with Crippen molar-refractivity contribution < 1.29 is 14.3 Å². The van der Waals surface area contributed by atoms with Gasteiger partial charge in [-0.05, 0) is 63.8 Å². The Kier molecular flexibility index (Phi) is 5.15. The van der Waals surface area contributed by atoms with Crippen molar-refractivity contribution in [3.05, 3.63) is 65.2 Å². The summed E-state index contributed by atoms with van der Waals surface area (Å²) in [6, 6.07) is 15.9. The Bertz CT molecular complexity index is 846. The van der Waals surface area contributed by atoms with Crippen LogP contribution in [-0.2, 0) is 11.2 Å². The summed E-state index contributed by atoms with van der Waals surface area (Å²) in [6.07, 6.45) is 3.15. The molecule has 1 fully saturated rings. The first-order valence-electron chi connectivity index (χ1n) is 10.2. The number of fused-ring (bicyclic) bond motifs is 3. The van der Waals surface area contributed by atoms with Gasteiger partial charge in [0.2, 0.25) is 0 Å². The van der Waals surface area contributed by atoms with Crippen molar-refractivity contribution in [2.45, 2.75) is 57.8 Å². The van der Waals surface area contributed by atoms with E-state index in [0.29, 0.717) is 18.0 Å². The number of carbonyl (C=O) groups excluding carboxylic acids is 1. The summed E-state index contributed by atoms with van der Waals surface area (Å²) in [5.41, 5.74) is 2.62. The van der Waals surface area contributed by atoms with E-state index in [1.54, 1.807) is 0 Å². The van der Waals surface area contributed by atoms with Crippen LogP contribution in [0.5, 0.6) is 5.75 Å². The van der Waals surface area contributed by atoms with Crippen molar-refractivity contribution in [3.8, 4) is 5.75 Å². The normalized spacial score (nSPS) is 25.2. The van der Waals surface area contributed by atoms with Crippen LogP contribution in [0.3, 0.4) is 0 Å². The number of amides is 1. The molecule has 2 aliphatic heterocycles. The van der Waals surface area contributed by atoms with Crippen LogP contribution in [-0.4, -0.2) is 24.2 Å². The number of rotatable bonds is 4. The van der Waals surface area contributed by atoms with E-state index >= 15 is 0 Å². The summed E-state index contributed by atoms with van der Waals surface area (Å²) >= 11 is 0. The number of carbonyl (C=O) groups is 1. The van der Waals surface area contributed by atoms with Crippen LogP contribution in [0.15, 0.2) is 48.5 Å². The molecule has 2 aromatic rings. The molecule has 2 aliphatic rings. The van der Waals surface area contributed by atoms with Crippen molar-refractivity contribution in [2.24, 2.45) is 5.92 Å². The van der Waals surface area contributed by atoms with E-state index in [9.17, 15) is 4.79 Å². The monoisotopic (exact) mass is 379 g/mol. The summed E-state index contributed by atoms with van der Waals surface area (Å²) in [6.45, 7) is 7.01. The second kappa shape index (κ2) is 7.59. The van der Waals surface area contributed by atoms with Crippen LogP contribution in [0.1, 0.15) is 61.2 Å². The maximum Gasteiger partial charge on any atom is 0.251 e. The number of hydrogen-bond donors (Lipinski definition) is 1. The third-order valence-corrected chi connectivity index (χ3v) is 6.02. The molecule has 2 aromatic carbocycles. The van der Waals surface area contributed by atoms with E-state index in [0.717, 1.165) is 30.6 Å². The molecule has 0 spiro atoms. The van der Waals surface area contributed by atoms with Gasteiger partial charge in [-0.15, -0.1) is 0 Å². The van der Waals surface area contributed by atoms with E-state index in [-0.39, 0.29) is 23.7 Å². The average molecular weight is 380 g/mol. The average Bonchev–Trinajstić information content (AvgIpc) is 2.68. The minimum absolute atomic E-state index is 0.0143. The third-order valence-electron chi connectivity index (χ3n) is 6.02. The molecule has 148 valence electrons. The SMILES string of the molecule is C[C@@H]1CC[C@@H]2[C@@H](O1)c1cc(C(=O)NCCc3ccccc3)ccc1OC2(C)C. The van der Waals surface area contributed by atoms with E-state index < -0.39 is 0 Å². The first-order chi connectivity index (χ1) is 13.4. The van der Waals surface area contributed by atoms with Gasteiger partial charge in [-0.1, -0.05) is 30.3 Å². The fourth-order valence-electron chi connectivity index (χ4n) is 4.41. The summed E-state index contributed by atoms with van der Waals surface area (Å²) in [5, 5.41) is 3.03. The molecular formula is C24H29NO3. The topological polar surface area (TPSA) is 47.6 Å². The van der Waals surface area contributed by atoms with Crippen LogP contribution in [0.4, 0.5) is 0 Å². The molecular weight excluding hydrogens is 350 g/mol. The van der Waals surface area contributed by atoms with E-state index in [1.165, 1.54) is 5.56 Å². The Labute approximate surface area is 167 Å². The van der Waals surface area contributed by atoms with Crippen molar-refractivity contribution in [1.29, 1.82) is 0 Å². The van der Waals surface area contributed by atoms with Crippen molar-refractivity contribution >= 4 is 5.91 Å². The number of nitrogens with one attached hydrogen (secondary N) is 1. The molecule has 2 heterocycles. The van der Waals surface area contributed by atoms with Crippen LogP contribution < -0.4 is 10.1 Å². The predicted molar refractivity (Wildman–Crippen MR) is 110 cm³/mol. The highest BCUT2D eigenvalue weighted by atomic mass is 16.5. The molecule has 0 aliphatic carbocycles. The Balaban J connectivity index is 1.50. The maximum atomic E-state index is 12.7. The summed E-state index contributed by atoms with van der Waals surface area (Å²) < 4.78 is 12.6. The lowest BCUT2D eigenvalue weighted by Gasteiger charge is -2.48. The highest BCUT2D eigenvalue weighted by molar-refractivity contribution is 5.94. The Morgan fingerprint density at radius 1 is 1.14 bits per heavy atom. The van der Waals surface area contributed by atoms with E-state index in [2.05, 4.69) is 38.2 Å². The zero-order valence-corrected chi connectivity index (χ0v) is 16.9. The highest BCUT2D eigenvalue weighted by Crippen LogP contribution is 2.50. The van der Waals surface area contributed by atoms with Crippen LogP contribution in [0, 0.1) is 5.92 Å². The Hall–Kier alpha value is -2.33. The van der Waals surface area contributed by atoms with Crippen LogP contribution >= 0.6 is 0 Å². The molecule has 1 saturated heterocycles. The van der Waals surface area contributed by atoms with Gasteiger partial charge in [-0.3, -0.25) is 4.79 Å². The number of ether oxygens (including phenoxy) is 2. The van der Waals surface area contributed by atoms with Gasteiger partial charge in [0.05, 0.1) is 12.2 Å². The molecule has 4 rings (SSSR count). The van der Waals surface area contributed by atoms with Gasteiger partial charge in [0, 0.05) is 23.6 Å². The third kappa shape index (κ3) is 3.79. The maximum absolute atomic E-state index is 12.7. The molecule has 4 heteroatoms. The fourth-order valence-corrected chi connectivity index (χ4v) is 4.41. The van der Waals surface area contributed by atoms with Crippen molar-refractivity contribution in [1.82, 2.24) is 5.32 Å². The molecule has 3 atom stereocenters. The summed E-state index contributed by atoms with van der Waals surface area (Å²) in [4.78, 5) is 12.7. The second-order valence-corrected chi connectivity index (χ2v) is 8.50. The van der Waals surface area contributed by atoms with Gasteiger partial charge in [0.1, 0.15) is 11.4 Å². The van der Waals surface area contributed by atoms with Gasteiger partial charge in [0.25, 0.3) is 5.91 Å². The van der Waals surface area contributed by atoms with E-state index in [1.807, 2.05) is 36.4 Å². The van der Waals surface area contributed by atoms with Gasteiger partial charge in [-0.25, -0.2) is 0 Å². The summed E-state index contributed by atoms with van der Waals surface area (Å²) in [5.74, 6) is 1.08. The molecule has 0 saturated carbocycles. The largest absolute Gasteiger partial charge is 0.487 e. The van der Waals surface area contributed by atoms with E-state index in [4.69, 9.17) is 9.47 Å². The van der Waals surface area contributed by atoms with Gasteiger partial charge >= 0.3 is 0 Å². The zero-order valence-electron chi connectivity index (χ0n) is 16.9. The zero-order chi connectivity index (χ0) is 19.7. The molecule has 0 aromatic heterocycles. The first kappa shape index (κ1) is 19.0. The predicted octanol–water partition coefficient (Wildman–Crippen LogP) is 4.69.